The molecule has 0 bridgehead atoms. The Morgan fingerprint density at radius 3 is 1.88 bits per heavy atom. The molecule has 0 aliphatic carbocycles. The highest BCUT2D eigenvalue weighted by Crippen LogP contribution is 2.38. The lowest BCUT2D eigenvalue weighted by Crippen LogP contribution is -2.12. The second-order valence-corrected chi connectivity index (χ2v) is 2.87. The van der Waals surface area contributed by atoms with Gasteiger partial charge in [0.25, 0.3) is 0 Å². The molecule has 0 atom stereocenters. The highest BCUT2D eigenvalue weighted by atomic mass is 19.4. The van der Waals surface area contributed by atoms with Gasteiger partial charge in [-0.2, -0.15) is 26.3 Å². The van der Waals surface area contributed by atoms with Crippen molar-refractivity contribution in [3.8, 4) is 0 Å². The van der Waals surface area contributed by atoms with E-state index in [1.165, 1.54) is 0 Å². The Morgan fingerprint density at radius 1 is 0.938 bits per heavy atom. The van der Waals surface area contributed by atoms with Crippen molar-refractivity contribution in [2.24, 2.45) is 0 Å². The molecule has 2 nitrogen and oxygen atoms in total. The summed E-state index contributed by atoms with van der Waals surface area (Å²) in [5, 5.41) is 8.35. The van der Waals surface area contributed by atoms with Crippen LogP contribution in [0.4, 0.5) is 32.0 Å². The summed E-state index contributed by atoms with van der Waals surface area (Å²) < 4.78 is 73.1. The summed E-state index contributed by atoms with van der Waals surface area (Å²) >= 11 is 0. The zero-order valence-electron chi connectivity index (χ0n) is 7.45. The molecule has 0 aliphatic heterocycles. The number of nitrogens with one attached hydrogen (secondary N) is 1. The fourth-order valence-electron chi connectivity index (χ4n) is 1.06. The monoisotopic (exact) mass is 245 g/mol. The van der Waals surface area contributed by atoms with Gasteiger partial charge >= 0.3 is 12.4 Å². The first-order chi connectivity index (χ1) is 7.16. The fourth-order valence-corrected chi connectivity index (χ4v) is 1.06. The van der Waals surface area contributed by atoms with E-state index in [-0.39, 0.29) is 12.1 Å². The molecule has 0 unspecified atom stereocenters. The summed E-state index contributed by atoms with van der Waals surface area (Å²) in [7, 11) is 0. The van der Waals surface area contributed by atoms with Crippen molar-refractivity contribution in [3.05, 3.63) is 29.3 Å². The van der Waals surface area contributed by atoms with Gasteiger partial charge in [-0.15, -0.1) is 0 Å². The van der Waals surface area contributed by atoms with E-state index in [0.717, 1.165) is 5.48 Å². The minimum absolute atomic E-state index is 0.183. The maximum atomic E-state index is 12.2. The second kappa shape index (κ2) is 3.85. The Morgan fingerprint density at radius 2 is 1.50 bits per heavy atom. The summed E-state index contributed by atoms with van der Waals surface area (Å²) in [6.45, 7) is 0. The number of hydrogen-bond donors (Lipinski definition) is 2. The molecule has 0 aromatic heterocycles. The summed E-state index contributed by atoms with van der Waals surface area (Å²) in [5.41, 5.74) is -2.60. The van der Waals surface area contributed by atoms with E-state index in [1.54, 1.807) is 0 Å². The van der Waals surface area contributed by atoms with Crippen LogP contribution in [0.3, 0.4) is 0 Å². The van der Waals surface area contributed by atoms with E-state index in [0.29, 0.717) is 6.07 Å². The Labute approximate surface area is 85.5 Å². The molecule has 0 aliphatic rings. The van der Waals surface area contributed by atoms with Gasteiger partial charge in [0, 0.05) is 0 Å². The van der Waals surface area contributed by atoms with E-state index >= 15 is 0 Å². The summed E-state index contributed by atoms with van der Waals surface area (Å²) in [5.74, 6) is 0. The van der Waals surface area contributed by atoms with E-state index in [2.05, 4.69) is 0 Å². The van der Waals surface area contributed by atoms with Gasteiger partial charge in [0.1, 0.15) is 0 Å². The normalized spacial score (nSPS) is 12.7. The van der Waals surface area contributed by atoms with Gasteiger partial charge in [0.05, 0.1) is 16.8 Å². The quantitative estimate of drug-likeness (QED) is 0.586. The topological polar surface area (TPSA) is 32.3 Å². The van der Waals surface area contributed by atoms with Gasteiger partial charge in [0.2, 0.25) is 0 Å². The van der Waals surface area contributed by atoms with Gasteiger partial charge in [-0.3, -0.25) is 10.7 Å². The SMILES string of the molecule is ONc1cc(C(F)(F)F)ccc1C(F)(F)F. The molecule has 0 amide bonds. The van der Waals surface area contributed by atoms with Crippen LogP contribution in [0.15, 0.2) is 18.2 Å². The standard InChI is InChI=1S/C8H5F6NO/c9-7(10,11)4-1-2-5(8(12,13)14)6(3-4)15-16/h1-3,15-16H. The van der Waals surface area contributed by atoms with E-state index < -0.39 is 29.2 Å². The lowest BCUT2D eigenvalue weighted by atomic mass is 10.1. The number of benzene rings is 1. The molecule has 0 saturated carbocycles. The number of anilines is 1. The average Bonchev–Trinajstić information content (AvgIpc) is 2.14. The largest absolute Gasteiger partial charge is 0.418 e. The van der Waals surface area contributed by atoms with Crippen molar-refractivity contribution in [3.63, 3.8) is 0 Å². The van der Waals surface area contributed by atoms with E-state index in [4.69, 9.17) is 5.21 Å². The predicted octanol–water partition coefficient (Wildman–Crippen LogP) is 3.53. The van der Waals surface area contributed by atoms with Crippen LogP contribution in [0.5, 0.6) is 0 Å². The van der Waals surface area contributed by atoms with Crippen molar-refractivity contribution in [1.82, 2.24) is 0 Å². The van der Waals surface area contributed by atoms with Crippen molar-refractivity contribution in [2.75, 3.05) is 5.48 Å². The first-order valence-electron chi connectivity index (χ1n) is 3.85. The molecule has 0 fully saturated rings. The summed E-state index contributed by atoms with van der Waals surface area (Å²) in [4.78, 5) is 0. The summed E-state index contributed by atoms with van der Waals surface area (Å²) in [6, 6.07) is 0.730. The van der Waals surface area contributed by atoms with Crippen molar-refractivity contribution in [2.45, 2.75) is 12.4 Å². The highest BCUT2D eigenvalue weighted by Gasteiger charge is 2.37. The predicted molar refractivity (Wildman–Crippen MR) is 41.9 cm³/mol. The molecule has 0 heterocycles. The lowest BCUT2D eigenvalue weighted by molar-refractivity contribution is -0.141. The molecule has 2 N–H and O–H groups in total. The van der Waals surface area contributed by atoms with Crippen LogP contribution in [0, 0.1) is 0 Å². The van der Waals surface area contributed by atoms with Crippen LogP contribution in [0.1, 0.15) is 11.1 Å². The van der Waals surface area contributed by atoms with Crippen molar-refractivity contribution < 1.29 is 31.5 Å². The van der Waals surface area contributed by atoms with Gasteiger partial charge in [-0.25, -0.2) is 0 Å². The van der Waals surface area contributed by atoms with Crippen LogP contribution >= 0.6 is 0 Å². The smallest absolute Gasteiger partial charge is 0.291 e. The number of alkyl halides is 6. The first-order valence-corrected chi connectivity index (χ1v) is 3.85. The zero-order chi connectivity index (χ0) is 12.6. The summed E-state index contributed by atoms with van der Waals surface area (Å²) in [6.07, 6.45) is -9.61. The highest BCUT2D eigenvalue weighted by molar-refractivity contribution is 5.53. The molecule has 0 radical (unpaired) electrons. The van der Waals surface area contributed by atoms with Gasteiger partial charge in [0.15, 0.2) is 0 Å². The number of rotatable bonds is 1. The van der Waals surface area contributed by atoms with Gasteiger partial charge in [-0.05, 0) is 18.2 Å². The lowest BCUT2D eigenvalue weighted by Gasteiger charge is -2.14. The van der Waals surface area contributed by atoms with Crippen LogP contribution in [0.25, 0.3) is 0 Å². The minimum atomic E-state index is -4.84. The van der Waals surface area contributed by atoms with Crippen LogP contribution in [-0.2, 0) is 12.4 Å². The van der Waals surface area contributed by atoms with E-state index in [1.807, 2.05) is 0 Å². The molecule has 1 rings (SSSR count). The Balaban J connectivity index is 3.28. The van der Waals surface area contributed by atoms with Crippen LogP contribution in [-0.4, -0.2) is 5.21 Å². The molecular weight excluding hydrogens is 240 g/mol. The third-order valence-corrected chi connectivity index (χ3v) is 1.77. The fraction of sp³-hybridized carbons (Fsp3) is 0.250. The first kappa shape index (κ1) is 12.6. The molecule has 1 aromatic rings. The third-order valence-electron chi connectivity index (χ3n) is 1.77. The average molecular weight is 245 g/mol. The maximum Gasteiger partial charge on any atom is 0.418 e. The molecule has 90 valence electrons. The van der Waals surface area contributed by atoms with Gasteiger partial charge < -0.3 is 0 Å². The molecule has 0 spiro atoms. The maximum absolute atomic E-state index is 12.2. The Hall–Kier alpha value is -1.44. The number of halogens is 6. The van der Waals surface area contributed by atoms with Crippen molar-refractivity contribution in [1.29, 1.82) is 0 Å². The minimum Gasteiger partial charge on any atom is -0.291 e. The Bertz CT molecular complexity index is 383. The second-order valence-electron chi connectivity index (χ2n) is 2.87. The molecular formula is C8H5F6NO. The number of hydrogen-bond acceptors (Lipinski definition) is 2. The molecule has 16 heavy (non-hydrogen) atoms. The van der Waals surface area contributed by atoms with Crippen LogP contribution < -0.4 is 5.48 Å². The third kappa shape index (κ3) is 2.57. The van der Waals surface area contributed by atoms with Crippen LogP contribution in [0.2, 0.25) is 0 Å². The van der Waals surface area contributed by atoms with Gasteiger partial charge in [-0.1, -0.05) is 0 Å². The van der Waals surface area contributed by atoms with Crippen molar-refractivity contribution >= 4 is 5.69 Å². The Kier molecular flexibility index (Phi) is 3.04. The molecule has 0 saturated heterocycles. The van der Waals surface area contributed by atoms with E-state index in [9.17, 15) is 26.3 Å². The molecule has 8 heteroatoms. The molecule has 1 aromatic carbocycles. The zero-order valence-corrected chi connectivity index (χ0v) is 7.45.